The van der Waals surface area contributed by atoms with Gasteiger partial charge >= 0.3 is 5.97 Å². The number of anilines is 2. The Hall–Kier alpha value is -4.23. The lowest BCUT2D eigenvalue weighted by Crippen LogP contribution is -2.19. The van der Waals surface area contributed by atoms with Crippen LogP contribution >= 0.6 is 0 Å². The van der Waals surface area contributed by atoms with Crippen LogP contribution in [-0.2, 0) is 20.7 Å². The van der Waals surface area contributed by atoms with Crippen LogP contribution < -0.4 is 10.6 Å². The van der Waals surface area contributed by atoms with Crippen LogP contribution in [0.4, 0.5) is 11.4 Å². The minimum Gasteiger partial charge on any atom is -0.465 e. The number of carbonyl (C=O) groups excluding carboxylic acids is 3. The van der Waals surface area contributed by atoms with Crippen molar-refractivity contribution in [2.45, 2.75) is 66.7 Å². The van der Waals surface area contributed by atoms with Gasteiger partial charge in [0.15, 0.2) is 0 Å². The molecule has 3 aromatic carbocycles. The molecule has 0 unspecified atom stereocenters. The van der Waals surface area contributed by atoms with Crippen molar-refractivity contribution in [3.05, 3.63) is 95.1 Å². The summed E-state index contributed by atoms with van der Waals surface area (Å²) in [7, 11) is 3.53. The average molecular weight is 600 g/mol. The molecule has 1 heterocycles. The number of ether oxygens (including phenoxy) is 1. The van der Waals surface area contributed by atoms with Crippen molar-refractivity contribution in [1.82, 2.24) is 4.90 Å². The first-order valence-electron chi connectivity index (χ1n) is 15.6. The molecule has 0 aliphatic carbocycles. The first-order valence-corrected chi connectivity index (χ1v) is 15.6. The predicted molar refractivity (Wildman–Crippen MR) is 183 cm³/mol. The average Bonchev–Trinajstić information content (AvgIpc) is 3.39. The first-order chi connectivity index (χ1) is 21.2. The summed E-state index contributed by atoms with van der Waals surface area (Å²) in [5.74, 6) is -0.517. The van der Waals surface area contributed by atoms with E-state index in [2.05, 4.69) is 43.4 Å². The molecular weight excluding hydrogens is 550 g/mol. The molecule has 0 spiro atoms. The normalized spacial score (nSPS) is 12.6. The number of nitrogens with one attached hydrogen (secondary N) is 2. The van der Waals surface area contributed by atoms with Gasteiger partial charge in [-0.3, -0.25) is 9.59 Å². The van der Waals surface area contributed by atoms with Gasteiger partial charge in [-0.05, 0) is 87.3 Å². The van der Waals surface area contributed by atoms with Crippen LogP contribution in [0.3, 0.4) is 0 Å². The number of carbonyl (C=O) groups is 3. The lowest BCUT2D eigenvalue weighted by molar-refractivity contribution is -0.116. The van der Waals surface area contributed by atoms with Gasteiger partial charge in [-0.2, -0.15) is 0 Å². The van der Waals surface area contributed by atoms with Crippen LogP contribution in [0.15, 0.2) is 72.8 Å². The highest BCUT2D eigenvalue weighted by Gasteiger charge is 2.27. The van der Waals surface area contributed by atoms with Crippen molar-refractivity contribution in [3.63, 3.8) is 0 Å². The van der Waals surface area contributed by atoms with E-state index in [1.807, 2.05) is 68.4 Å². The van der Waals surface area contributed by atoms with Gasteiger partial charge in [0.2, 0.25) is 5.91 Å². The minimum atomic E-state index is -0.422. The number of aryl methyl sites for hydroxylation is 1. The van der Waals surface area contributed by atoms with E-state index < -0.39 is 5.97 Å². The second kappa shape index (κ2) is 19.1. The number of benzene rings is 3. The predicted octanol–water partition coefficient (Wildman–Crippen LogP) is 8.08. The zero-order chi connectivity index (χ0) is 32.5. The molecular formula is C37H49N3O4. The summed E-state index contributed by atoms with van der Waals surface area (Å²) in [4.78, 5) is 37.3. The summed E-state index contributed by atoms with van der Waals surface area (Å²) in [5, 5.41) is 5.62. The van der Waals surface area contributed by atoms with E-state index in [1.165, 1.54) is 45.0 Å². The molecule has 2 amide bonds. The van der Waals surface area contributed by atoms with Crippen molar-refractivity contribution < 1.29 is 19.1 Å². The van der Waals surface area contributed by atoms with Gasteiger partial charge in [-0.1, -0.05) is 82.6 Å². The zero-order valence-corrected chi connectivity index (χ0v) is 27.5. The van der Waals surface area contributed by atoms with Crippen molar-refractivity contribution in [2.75, 3.05) is 37.9 Å². The van der Waals surface area contributed by atoms with Crippen LogP contribution in [0.25, 0.3) is 11.1 Å². The van der Waals surface area contributed by atoms with Gasteiger partial charge in [0.1, 0.15) is 0 Å². The number of amides is 2. The summed E-state index contributed by atoms with van der Waals surface area (Å²) < 4.78 is 4.70. The first kappa shape index (κ1) is 36.0. The molecule has 0 fully saturated rings. The Morgan fingerprint density at radius 1 is 0.864 bits per heavy atom. The number of fused-ring (bicyclic) bond motifs is 1. The van der Waals surface area contributed by atoms with E-state index in [0.29, 0.717) is 23.2 Å². The third-order valence-electron chi connectivity index (χ3n) is 7.23. The second-order valence-electron chi connectivity index (χ2n) is 10.7. The van der Waals surface area contributed by atoms with Crippen molar-refractivity contribution in [3.8, 4) is 0 Å². The van der Waals surface area contributed by atoms with Gasteiger partial charge in [0, 0.05) is 23.4 Å². The molecule has 44 heavy (non-hydrogen) atoms. The number of rotatable bonds is 10. The molecule has 4 rings (SSSR count). The SMILES string of the molecule is CCC(=O)Nc1ccc(CC)cc1.CCCCN(C)CCC.COC(=O)c1ccc2c(c1)NC(=O)/C2=C(\C)c1ccccc1. The van der Waals surface area contributed by atoms with E-state index in [1.54, 1.807) is 18.2 Å². The summed E-state index contributed by atoms with van der Waals surface area (Å²) in [6.07, 6.45) is 5.49. The van der Waals surface area contributed by atoms with Crippen LogP contribution in [0.5, 0.6) is 0 Å². The standard InChI is InChI=1S/C18H15NO3.C11H15NO.C8H19N/c1-11(12-6-4-3-5-7-12)16-14-9-8-13(18(21)22-2)10-15(14)19-17(16)20;1-3-9-5-7-10(8-6-9)12-11(13)4-2;1-4-6-8-9(3)7-5-2/h3-10H,1-2H3,(H,19,20);5-8H,3-4H2,1-2H3,(H,12,13);4-8H2,1-3H3/b16-11+;;. The highest BCUT2D eigenvalue weighted by molar-refractivity contribution is 6.36. The number of hydrogen-bond donors (Lipinski definition) is 2. The third kappa shape index (κ3) is 11.1. The Morgan fingerprint density at radius 2 is 1.55 bits per heavy atom. The fraction of sp³-hybridized carbons (Fsp3) is 0.378. The van der Waals surface area contributed by atoms with E-state index in [0.717, 1.165) is 28.8 Å². The summed E-state index contributed by atoms with van der Waals surface area (Å²) in [6.45, 7) is 12.9. The smallest absolute Gasteiger partial charge is 0.337 e. The zero-order valence-electron chi connectivity index (χ0n) is 27.5. The van der Waals surface area contributed by atoms with Gasteiger partial charge in [0.25, 0.3) is 5.91 Å². The lowest BCUT2D eigenvalue weighted by Gasteiger charge is -2.13. The Kier molecular flexibility index (Phi) is 15.6. The molecule has 2 N–H and O–H groups in total. The van der Waals surface area contributed by atoms with Crippen LogP contribution in [0, 0.1) is 0 Å². The number of unbranched alkanes of at least 4 members (excludes halogenated alkanes) is 1. The number of allylic oxidation sites excluding steroid dienone is 1. The number of nitrogens with zero attached hydrogens (tertiary/aromatic N) is 1. The largest absolute Gasteiger partial charge is 0.465 e. The molecule has 0 bridgehead atoms. The Balaban J connectivity index is 0.000000261. The second-order valence-corrected chi connectivity index (χ2v) is 10.7. The molecule has 7 heteroatoms. The van der Waals surface area contributed by atoms with Gasteiger partial charge in [0.05, 0.1) is 18.2 Å². The number of esters is 1. The maximum atomic E-state index is 12.3. The van der Waals surface area contributed by atoms with E-state index >= 15 is 0 Å². The van der Waals surface area contributed by atoms with Crippen LogP contribution in [0.2, 0.25) is 0 Å². The number of methoxy groups -OCH3 is 1. The summed E-state index contributed by atoms with van der Waals surface area (Å²) in [6, 6.07) is 22.8. The Bertz CT molecular complexity index is 1380. The molecule has 1 aliphatic rings. The van der Waals surface area contributed by atoms with Crippen LogP contribution in [0.1, 0.15) is 87.4 Å². The van der Waals surface area contributed by atoms with Gasteiger partial charge < -0.3 is 20.3 Å². The van der Waals surface area contributed by atoms with Crippen molar-refractivity contribution >= 4 is 40.3 Å². The molecule has 0 aromatic heterocycles. The van der Waals surface area contributed by atoms with Gasteiger partial charge in [-0.15, -0.1) is 0 Å². The summed E-state index contributed by atoms with van der Waals surface area (Å²) in [5.41, 5.74) is 6.56. The fourth-order valence-corrected chi connectivity index (χ4v) is 4.62. The quantitative estimate of drug-likeness (QED) is 0.182. The van der Waals surface area contributed by atoms with Crippen molar-refractivity contribution in [1.29, 1.82) is 0 Å². The Labute approximate surface area is 263 Å². The number of hydrogen-bond acceptors (Lipinski definition) is 5. The van der Waals surface area contributed by atoms with Crippen molar-refractivity contribution in [2.24, 2.45) is 0 Å². The highest BCUT2D eigenvalue weighted by Crippen LogP contribution is 2.37. The minimum absolute atomic E-state index is 0.0595. The van der Waals surface area contributed by atoms with Gasteiger partial charge in [-0.25, -0.2) is 4.79 Å². The maximum absolute atomic E-state index is 12.3. The topological polar surface area (TPSA) is 87.7 Å². The molecule has 236 valence electrons. The van der Waals surface area contributed by atoms with Crippen LogP contribution in [-0.4, -0.2) is 49.9 Å². The fourth-order valence-electron chi connectivity index (χ4n) is 4.62. The van der Waals surface area contributed by atoms with E-state index in [-0.39, 0.29) is 11.8 Å². The molecule has 0 saturated heterocycles. The van der Waals surface area contributed by atoms with E-state index in [9.17, 15) is 14.4 Å². The maximum Gasteiger partial charge on any atom is 0.337 e. The molecule has 0 radical (unpaired) electrons. The molecule has 0 saturated carbocycles. The molecule has 1 aliphatic heterocycles. The highest BCUT2D eigenvalue weighted by atomic mass is 16.5. The molecule has 7 nitrogen and oxygen atoms in total. The monoisotopic (exact) mass is 599 g/mol. The lowest BCUT2D eigenvalue weighted by atomic mass is 9.96. The molecule has 3 aromatic rings. The molecule has 0 atom stereocenters. The summed E-state index contributed by atoms with van der Waals surface area (Å²) >= 11 is 0. The Morgan fingerprint density at radius 3 is 2.11 bits per heavy atom. The van der Waals surface area contributed by atoms with E-state index in [4.69, 9.17) is 4.74 Å². The third-order valence-corrected chi connectivity index (χ3v) is 7.23.